The van der Waals surface area contributed by atoms with Gasteiger partial charge in [0.05, 0.1) is 7.11 Å². The molecule has 0 saturated carbocycles. The zero-order valence-corrected chi connectivity index (χ0v) is 19.1. The van der Waals surface area contributed by atoms with Crippen LogP contribution in [0.15, 0.2) is 71.9 Å². The van der Waals surface area contributed by atoms with Crippen LogP contribution in [0.1, 0.15) is 11.1 Å². The summed E-state index contributed by atoms with van der Waals surface area (Å²) < 4.78 is 24.0. The van der Waals surface area contributed by atoms with E-state index in [0.29, 0.717) is 30.7 Å². The summed E-state index contributed by atoms with van der Waals surface area (Å²) in [6.07, 6.45) is 1.67. The van der Waals surface area contributed by atoms with Gasteiger partial charge in [0.25, 0.3) is 0 Å². The van der Waals surface area contributed by atoms with Crippen molar-refractivity contribution in [2.24, 2.45) is 4.99 Å². The molecule has 8 heteroatoms. The van der Waals surface area contributed by atoms with Crippen LogP contribution in [0.4, 0.5) is 4.39 Å². The molecule has 3 rings (SSSR count). The number of hydrogen-bond acceptors (Lipinski definition) is 4. The van der Waals surface area contributed by atoms with Crippen molar-refractivity contribution in [3.63, 3.8) is 0 Å². The number of benzene rings is 2. The van der Waals surface area contributed by atoms with Crippen LogP contribution in [0.5, 0.6) is 17.4 Å². The zero-order valence-electron chi connectivity index (χ0n) is 16.8. The third-order valence-electron chi connectivity index (χ3n) is 4.16. The third kappa shape index (κ3) is 6.87. The van der Waals surface area contributed by atoms with Crippen LogP contribution >= 0.6 is 24.0 Å². The van der Waals surface area contributed by atoms with Gasteiger partial charge in [-0.15, -0.1) is 24.0 Å². The van der Waals surface area contributed by atoms with Gasteiger partial charge in [-0.25, -0.2) is 9.37 Å². The Hall–Kier alpha value is -2.88. The second kappa shape index (κ2) is 12.0. The van der Waals surface area contributed by atoms with E-state index in [-0.39, 0.29) is 29.8 Å². The monoisotopic (exact) mass is 522 g/mol. The molecule has 0 aliphatic carbocycles. The Balaban J connectivity index is 0.00000320. The van der Waals surface area contributed by atoms with Crippen LogP contribution in [0.2, 0.25) is 0 Å². The molecule has 2 N–H and O–H groups in total. The second-order valence-corrected chi connectivity index (χ2v) is 6.15. The highest BCUT2D eigenvalue weighted by Crippen LogP contribution is 2.20. The molecule has 1 heterocycles. The Kier molecular flexibility index (Phi) is 9.33. The second-order valence-electron chi connectivity index (χ2n) is 6.15. The molecule has 158 valence electrons. The maximum Gasteiger partial charge on any atom is 0.219 e. The van der Waals surface area contributed by atoms with Gasteiger partial charge < -0.3 is 20.1 Å². The van der Waals surface area contributed by atoms with Crippen molar-refractivity contribution in [1.82, 2.24) is 15.6 Å². The molecule has 0 unspecified atom stereocenters. The molecule has 0 atom stereocenters. The molecule has 1 aromatic heterocycles. The van der Waals surface area contributed by atoms with E-state index in [9.17, 15) is 4.39 Å². The first kappa shape index (κ1) is 23.4. The first-order chi connectivity index (χ1) is 14.2. The van der Waals surface area contributed by atoms with Crippen molar-refractivity contribution in [1.29, 1.82) is 0 Å². The fourth-order valence-electron chi connectivity index (χ4n) is 2.67. The summed E-state index contributed by atoms with van der Waals surface area (Å²) in [6.45, 7) is 1.12. The minimum atomic E-state index is -0.310. The normalized spacial score (nSPS) is 10.7. The van der Waals surface area contributed by atoms with E-state index in [0.717, 1.165) is 16.9 Å². The number of nitrogens with one attached hydrogen (secondary N) is 2. The number of aromatic nitrogens is 1. The summed E-state index contributed by atoms with van der Waals surface area (Å²) >= 11 is 0. The predicted octanol–water partition coefficient (Wildman–Crippen LogP) is 4.50. The third-order valence-corrected chi connectivity index (χ3v) is 4.16. The summed E-state index contributed by atoms with van der Waals surface area (Å²) in [5.74, 6) is 2.14. The number of nitrogens with zero attached hydrogens (tertiary/aromatic N) is 2. The molecule has 3 aromatic rings. The van der Waals surface area contributed by atoms with E-state index in [4.69, 9.17) is 9.47 Å². The number of ether oxygens (including phenoxy) is 2. The Morgan fingerprint density at radius 3 is 2.50 bits per heavy atom. The summed E-state index contributed by atoms with van der Waals surface area (Å²) in [5.41, 5.74) is 2.01. The van der Waals surface area contributed by atoms with Gasteiger partial charge in [0, 0.05) is 38.0 Å². The number of rotatable bonds is 7. The predicted molar refractivity (Wildman–Crippen MR) is 126 cm³/mol. The smallest absolute Gasteiger partial charge is 0.219 e. The number of hydrogen-bond donors (Lipinski definition) is 2. The molecule has 0 amide bonds. The van der Waals surface area contributed by atoms with Gasteiger partial charge in [0.15, 0.2) is 5.96 Å². The number of pyridine rings is 1. The molecular weight excluding hydrogens is 498 g/mol. The topological polar surface area (TPSA) is 67.8 Å². The molecule has 2 aromatic carbocycles. The highest BCUT2D eigenvalue weighted by molar-refractivity contribution is 14.0. The van der Waals surface area contributed by atoms with Crippen LogP contribution < -0.4 is 20.1 Å². The van der Waals surface area contributed by atoms with Gasteiger partial charge >= 0.3 is 0 Å². The Morgan fingerprint density at radius 1 is 1.03 bits per heavy atom. The molecule has 0 spiro atoms. The van der Waals surface area contributed by atoms with Gasteiger partial charge in [-0.05, 0) is 42.0 Å². The number of guanidine groups is 1. The van der Waals surface area contributed by atoms with E-state index >= 15 is 0 Å². The van der Waals surface area contributed by atoms with E-state index < -0.39 is 0 Å². The lowest BCUT2D eigenvalue weighted by Gasteiger charge is -2.14. The Bertz CT molecular complexity index is 967. The maximum absolute atomic E-state index is 13.0. The highest BCUT2D eigenvalue weighted by Gasteiger charge is 2.05. The van der Waals surface area contributed by atoms with Gasteiger partial charge in [-0.2, -0.15) is 0 Å². The lowest BCUT2D eigenvalue weighted by molar-refractivity contribution is 0.409. The minimum absolute atomic E-state index is 0. The standard InChI is InChI=1S/C22H23FN4O2.HI/c1-24-22(27-15-17-5-3-4-6-20(17)28-2)26-14-16-11-12-25-21(13-16)29-19-9-7-18(23)8-10-19;/h3-13H,14-15H2,1-2H3,(H2,24,26,27);1H. The van der Waals surface area contributed by atoms with Crippen LogP contribution in [-0.4, -0.2) is 25.1 Å². The average molecular weight is 522 g/mol. The number of methoxy groups -OCH3 is 1. The van der Waals surface area contributed by atoms with Crippen LogP contribution in [-0.2, 0) is 13.1 Å². The number of para-hydroxylation sites is 1. The van der Waals surface area contributed by atoms with Crippen molar-refractivity contribution in [2.75, 3.05) is 14.2 Å². The fourth-order valence-corrected chi connectivity index (χ4v) is 2.67. The van der Waals surface area contributed by atoms with Gasteiger partial charge in [-0.1, -0.05) is 18.2 Å². The van der Waals surface area contributed by atoms with E-state index in [1.807, 2.05) is 36.4 Å². The maximum atomic E-state index is 13.0. The van der Waals surface area contributed by atoms with E-state index in [1.54, 1.807) is 32.5 Å². The average Bonchev–Trinajstić information content (AvgIpc) is 2.76. The van der Waals surface area contributed by atoms with E-state index in [2.05, 4.69) is 20.6 Å². The van der Waals surface area contributed by atoms with Crippen LogP contribution in [0.25, 0.3) is 0 Å². The lowest BCUT2D eigenvalue weighted by Crippen LogP contribution is -2.36. The number of aliphatic imine (C=N–C) groups is 1. The summed E-state index contributed by atoms with van der Waals surface area (Å²) in [6, 6.07) is 17.4. The lowest BCUT2D eigenvalue weighted by atomic mass is 10.2. The van der Waals surface area contributed by atoms with Crippen molar-refractivity contribution >= 4 is 29.9 Å². The first-order valence-electron chi connectivity index (χ1n) is 9.12. The Labute approximate surface area is 192 Å². The van der Waals surface area contributed by atoms with E-state index in [1.165, 1.54) is 12.1 Å². The van der Waals surface area contributed by atoms with Crippen molar-refractivity contribution in [3.05, 3.63) is 83.8 Å². The summed E-state index contributed by atoms with van der Waals surface area (Å²) in [5, 5.41) is 6.52. The molecular formula is C22H24FIN4O2. The molecule has 0 fully saturated rings. The molecule has 0 bridgehead atoms. The Morgan fingerprint density at radius 2 is 1.77 bits per heavy atom. The quantitative estimate of drug-likeness (QED) is 0.272. The van der Waals surface area contributed by atoms with Crippen molar-refractivity contribution in [2.45, 2.75) is 13.1 Å². The van der Waals surface area contributed by atoms with Crippen molar-refractivity contribution in [3.8, 4) is 17.4 Å². The van der Waals surface area contributed by atoms with Crippen LogP contribution in [0.3, 0.4) is 0 Å². The molecule has 0 saturated heterocycles. The molecule has 6 nitrogen and oxygen atoms in total. The molecule has 0 radical (unpaired) electrons. The van der Waals surface area contributed by atoms with Crippen LogP contribution in [0, 0.1) is 5.82 Å². The fraction of sp³-hybridized carbons (Fsp3) is 0.182. The van der Waals surface area contributed by atoms with Crippen molar-refractivity contribution < 1.29 is 13.9 Å². The summed E-state index contributed by atoms with van der Waals surface area (Å²) in [7, 11) is 3.37. The molecule has 0 aliphatic heterocycles. The first-order valence-corrected chi connectivity index (χ1v) is 9.12. The van der Waals surface area contributed by atoms with Gasteiger partial charge in [0.2, 0.25) is 5.88 Å². The number of halogens is 2. The summed E-state index contributed by atoms with van der Waals surface area (Å²) in [4.78, 5) is 8.44. The zero-order chi connectivity index (χ0) is 20.5. The molecule has 0 aliphatic rings. The minimum Gasteiger partial charge on any atom is -0.496 e. The van der Waals surface area contributed by atoms with Gasteiger partial charge in [0.1, 0.15) is 17.3 Å². The largest absolute Gasteiger partial charge is 0.496 e. The highest BCUT2D eigenvalue weighted by atomic mass is 127. The van der Waals surface area contributed by atoms with Gasteiger partial charge in [-0.3, -0.25) is 4.99 Å². The SMILES string of the molecule is CN=C(NCc1ccnc(Oc2ccc(F)cc2)c1)NCc1ccccc1OC.I. The molecule has 30 heavy (non-hydrogen) atoms.